The van der Waals surface area contributed by atoms with Crippen molar-refractivity contribution in [1.82, 2.24) is 0 Å². The second-order valence-corrected chi connectivity index (χ2v) is 5.23. The maximum atomic E-state index is 11.9. The monoisotopic (exact) mass is 222 g/mol. The molecule has 0 saturated heterocycles. The van der Waals surface area contributed by atoms with Crippen molar-refractivity contribution >= 4 is 28.5 Å². The molecule has 2 rings (SSSR count). The molecule has 0 aliphatic carbocycles. The van der Waals surface area contributed by atoms with E-state index < -0.39 is 0 Å². The molecule has 2 aromatic rings. The molecule has 0 spiro atoms. The number of carbonyl (C=O) groups excluding carboxylic acids is 1. The molecule has 3 heteroatoms. The Hall–Kier alpha value is -0.930. The first kappa shape index (κ1) is 9.62. The normalized spacial score (nSPS) is 10.4. The Bertz CT molecular complexity index is 432. The second-order valence-electron chi connectivity index (χ2n) is 3.19. The molecule has 2 aromatic heterocycles. The van der Waals surface area contributed by atoms with E-state index in [0.717, 1.165) is 10.4 Å². The van der Waals surface area contributed by atoms with Gasteiger partial charge in [0, 0.05) is 15.8 Å². The van der Waals surface area contributed by atoms with E-state index in [4.69, 9.17) is 0 Å². The highest BCUT2D eigenvalue weighted by atomic mass is 32.1. The fraction of sp³-hybridized carbons (Fsp3) is 0.182. The van der Waals surface area contributed by atoms with Crippen LogP contribution in [0, 0.1) is 13.8 Å². The van der Waals surface area contributed by atoms with Crippen LogP contribution in [-0.4, -0.2) is 5.78 Å². The number of hydrogen-bond acceptors (Lipinski definition) is 3. The van der Waals surface area contributed by atoms with Gasteiger partial charge in [0.25, 0.3) is 0 Å². The van der Waals surface area contributed by atoms with E-state index in [-0.39, 0.29) is 5.78 Å². The Morgan fingerprint density at radius 2 is 2.14 bits per heavy atom. The molecular formula is C11H10OS2. The summed E-state index contributed by atoms with van der Waals surface area (Å²) < 4.78 is 0. The lowest BCUT2D eigenvalue weighted by Gasteiger charge is -1.90. The van der Waals surface area contributed by atoms with Crippen LogP contribution in [0.4, 0.5) is 0 Å². The van der Waals surface area contributed by atoms with Crippen molar-refractivity contribution in [3.05, 3.63) is 43.8 Å². The van der Waals surface area contributed by atoms with Crippen molar-refractivity contribution < 1.29 is 4.79 Å². The van der Waals surface area contributed by atoms with Crippen LogP contribution in [0.15, 0.2) is 22.9 Å². The zero-order valence-corrected chi connectivity index (χ0v) is 9.67. The summed E-state index contributed by atoms with van der Waals surface area (Å²) in [5, 5.41) is 3.83. The molecule has 0 N–H and O–H groups in total. The van der Waals surface area contributed by atoms with Crippen LogP contribution in [0.3, 0.4) is 0 Å². The Labute approximate surface area is 91.0 Å². The van der Waals surface area contributed by atoms with Gasteiger partial charge in [-0.3, -0.25) is 4.79 Å². The van der Waals surface area contributed by atoms with Crippen LogP contribution in [-0.2, 0) is 0 Å². The maximum absolute atomic E-state index is 11.9. The van der Waals surface area contributed by atoms with Crippen molar-refractivity contribution in [2.45, 2.75) is 13.8 Å². The molecule has 0 atom stereocenters. The van der Waals surface area contributed by atoms with Crippen molar-refractivity contribution in [2.24, 2.45) is 0 Å². The van der Waals surface area contributed by atoms with Crippen LogP contribution >= 0.6 is 22.7 Å². The van der Waals surface area contributed by atoms with E-state index in [1.54, 1.807) is 22.7 Å². The van der Waals surface area contributed by atoms with Gasteiger partial charge in [0.15, 0.2) is 0 Å². The summed E-state index contributed by atoms with van der Waals surface area (Å²) in [7, 11) is 0. The minimum atomic E-state index is 0.146. The lowest BCUT2D eigenvalue weighted by Crippen LogP contribution is -1.95. The molecule has 0 aliphatic heterocycles. The third-order valence-corrected chi connectivity index (χ3v) is 4.01. The summed E-state index contributed by atoms with van der Waals surface area (Å²) in [5.74, 6) is 0.146. The van der Waals surface area contributed by atoms with Gasteiger partial charge in [0.1, 0.15) is 0 Å². The van der Waals surface area contributed by atoms with Gasteiger partial charge in [0.2, 0.25) is 5.78 Å². The van der Waals surface area contributed by atoms with Crippen LogP contribution < -0.4 is 0 Å². The van der Waals surface area contributed by atoms with Crippen LogP contribution in [0.25, 0.3) is 0 Å². The molecule has 0 radical (unpaired) electrons. The molecule has 0 fully saturated rings. The Balaban J connectivity index is 2.37. The second kappa shape index (κ2) is 3.67. The lowest BCUT2D eigenvalue weighted by atomic mass is 10.2. The van der Waals surface area contributed by atoms with Crippen molar-refractivity contribution in [3.8, 4) is 0 Å². The van der Waals surface area contributed by atoms with Crippen molar-refractivity contribution in [1.29, 1.82) is 0 Å². The number of thiophene rings is 2. The average molecular weight is 222 g/mol. The van der Waals surface area contributed by atoms with Gasteiger partial charge in [0.05, 0.1) is 4.88 Å². The summed E-state index contributed by atoms with van der Waals surface area (Å²) >= 11 is 3.13. The van der Waals surface area contributed by atoms with E-state index in [2.05, 4.69) is 0 Å². The number of rotatable bonds is 2. The quantitative estimate of drug-likeness (QED) is 0.709. The summed E-state index contributed by atoms with van der Waals surface area (Å²) in [4.78, 5) is 14.0. The fourth-order valence-electron chi connectivity index (χ4n) is 1.22. The Morgan fingerprint density at radius 3 is 2.64 bits per heavy atom. The molecular weight excluding hydrogens is 212 g/mol. The molecule has 0 unspecified atom stereocenters. The standard InChI is InChI=1S/C11H10OS2/c1-7-5-10(14-8(7)2)11(12)9-3-4-13-6-9/h3-6H,1-2H3. The first-order valence-electron chi connectivity index (χ1n) is 4.32. The van der Waals surface area contributed by atoms with Crippen molar-refractivity contribution in [3.63, 3.8) is 0 Å². The minimum absolute atomic E-state index is 0.146. The van der Waals surface area contributed by atoms with E-state index in [9.17, 15) is 4.79 Å². The molecule has 14 heavy (non-hydrogen) atoms. The molecule has 2 heterocycles. The summed E-state index contributed by atoms with van der Waals surface area (Å²) in [6.07, 6.45) is 0. The van der Waals surface area contributed by atoms with Crippen LogP contribution in [0.1, 0.15) is 25.7 Å². The first-order chi connectivity index (χ1) is 6.68. The van der Waals surface area contributed by atoms with E-state index >= 15 is 0 Å². The number of aryl methyl sites for hydroxylation is 2. The predicted octanol–water partition coefficient (Wildman–Crippen LogP) is 3.66. The van der Waals surface area contributed by atoms with Gasteiger partial charge in [-0.05, 0) is 36.9 Å². The highest BCUT2D eigenvalue weighted by Gasteiger charge is 2.12. The van der Waals surface area contributed by atoms with Gasteiger partial charge < -0.3 is 0 Å². The molecule has 0 aromatic carbocycles. The number of ketones is 1. The average Bonchev–Trinajstić information content (AvgIpc) is 2.76. The minimum Gasteiger partial charge on any atom is -0.288 e. The topological polar surface area (TPSA) is 17.1 Å². The largest absolute Gasteiger partial charge is 0.288 e. The van der Waals surface area contributed by atoms with Crippen molar-refractivity contribution in [2.75, 3.05) is 0 Å². The summed E-state index contributed by atoms with van der Waals surface area (Å²) in [5.41, 5.74) is 2.00. The van der Waals surface area contributed by atoms with E-state index in [0.29, 0.717) is 0 Å². The zero-order valence-electron chi connectivity index (χ0n) is 8.03. The van der Waals surface area contributed by atoms with Gasteiger partial charge in [-0.25, -0.2) is 0 Å². The lowest BCUT2D eigenvalue weighted by molar-refractivity contribution is 0.104. The predicted molar refractivity (Wildman–Crippen MR) is 61.5 cm³/mol. The van der Waals surface area contributed by atoms with Crippen LogP contribution in [0.2, 0.25) is 0 Å². The molecule has 0 bridgehead atoms. The zero-order chi connectivity index (χ0) is 10.1. The van der Waals surface area contributed by atoms with Gasteiger partial charge in [-0.1, -0.05) is 0 Å². The fourth-order valence-corrected chi connectivity index (χ4v) is 2.85. The maximum Gasteiger partial charge on any atom is 0.203 e. The van der Waals surface area contributed by atoms with Crippen LogP contribution in [0.5, 0.6) is 0 Å². The number of hydrogen-bond donors (Lipinski definition) is 0. The SMILES string of the molecule is Cc1cc(C(=O)c2ccsc2)sc1C. The Morgan fingerprint density at radius 1 is 1.36 bits per heavy atom. The molecule has 0 aliphatic rings. The number of carbonyl (C=O) groups is 1. The summed E-state index contributed by atoms with van der Waals surface area (Å²) in [6, 6.07) is 3.84. The molecule has 1 nitrogen and oxygen atoms in total. The summed E-state index contributed by atoms with van der Waals surface area (Å²) in [6.45, 7) is 4.08. The highest BCUT2D eigenvalue weighted by molar-refractivity contribution is 7.14. The molecule has 0 saturated carbocycles. The third kappa shape index (κ3) is 1.65. The van der Waals surface area contributed by atoms with Gasteiger partial charge in [-0.2, -0.15) is 11.3 Å². The Kier molecular flexibility index (Phi) is 2.52. The smallest absolute Gasteiger partial charge is 0.203 e. The third-order valence-electron chi connectivity index (χ3n) is 2.17. The highest BCUT2D eigenvalue weighted by Crippen LogP contribution is 2.23. The molecule has 72 valence electrons. The van der Waals surface area contributed by atoms with E-state index in [1.165, 1.54) is 10.4 Å². The van der Waals surface area contributed by atoms with Gasteiger partial charge in [-0.15, -0.1) is 11.3 Å². The first-order valence-corrected chi connectivity index (χ1v) is 6.08. The van der Waals surface area contributed by atoms with Gasteiger partial charge >= 0.3 is 0 Å². The molecule has 0 amide bonds. The van der Waals surface area contributed by atoms with E-state index in [1.807, 2.05) is 36.7 Å².